The molecule has 0 unspecified atom stereocenters. The van der Waals surface area contributed by atoms with Gasteiger partial charge in [-0.05, 0) is 19.1 Å². The summed E-state index contributed by atoms with van der Waals surface area (Å²) in [7, 11) is 0. The summed E-state index contributed by atoms with van der Waals surface area (Å²) in [4.78, 5) is 26.9. The van der Waals surface area contributed by atoms with Crippen molar-refractivity contribution in [3.05, 3.63) is 64.5 Å². The third-order valence-corrected chi connectivity index (χ3v) is 3.55. The molecule has 0 atom stereocenters. The second-order valence-electron chi connectivity index (χ2n) is 5.13. The Morgan fingerprint density at radius 1 is 1.29 bits per heavy atom. The Kier molecular flexibility index (Phi) is 4.24. The Bertz CT molecular complexity index is 917. The van der Waals surface area contributed by atoms with E-state index in [9.17, 15) is 14.9 Å². The average Bonchev–Trinajstić information content (AvgIpc) is 2.92. The molecule has 7 heteroatoms. The molecule has 0 saturated carbocycles. The van der Waals surface area contributed by atoms with Gasteiger partial charge in [0.15, 0.2) is 0 Å². The molecule has 7 nitrogen and oxygen atoms in total. The molecule has 0 amide bonds. The van der Waals surface area contributed by atoms with Crippen molar-refractivity contribution in [2.45, 2.75) is 13.3 Å². The molecule has 2 aromatic heterocycles. The fourth-order valence-corrected chi connectivity index (χ4v) is 2.59. The van der Waals surface area contributed by atoms with E-state index >= 15 is 0 Å². The van der Waals surface area contributed by atoms with Crippen LogP contribution >= 0.6 is 0 Å². The van der Waals surface area contributed by atoms with Crippen molar-refractivity contribution in [3.8, 4) is 11.3 Å². The van der Waals surface area contributed by atoms with Gasteiger partial charge in [-0.3, -0.25) is 19.3 Å². The predicted molar refractivity (Wildman–Crippen MR) is 87.6 cm³/mol. The van der Waals surface area contributed by atoms with E-state index in [1.54, 1.807) is 19.1 Å². The number of rotatable bonds is 5. The molecule has 1 aromatic carbocycles. The Labute approximate surface area is 137 Å². The van der Waals surface area contributed by atoms with Crippen molar-refractivity contribution in [1.82, 2.24) is 9.38 Å². The van der Waals surface area contributed by atoms with Crippen LogP contribution in [0.2, 0.25) is 0 Å². The van der Waals surface area contributed by atoms with Gasteiger partial charge in [-0.25, -0.2) is 4.98 Å². The number of aromatic nitrogens is 2. The zero-order chi connectivity index (χ0) is 17.1. The lowest BCUT2D eigenvalue weighted by molar-refractivity contribution is -0.384. The molecular weight excluding hydrogens is 310 g/mol. The van der Waals surface area contributed by atoms with Crippen molar-refractivity contribution in [2.24, 2.45) is 0 Å². The summed E-state index contributed by atoms with van der Waals surface area (Å²) in [6, 6.07) is 11.8. The molecule has 0 bridgehead atoms. The van der Waals surface area contributed by atoms with Crippen LogP contribution < -0.4 is 0 Å². The van der Waals surface area contributed by atoms with Crippen LogP contribution in [0.4, 0.5) is 5.69 Å². The maximum absolute atomic E-state index is 11.9. The molecule has 3 aromatic rings. The highest BCUT2D eigenvalue weighted by atomic mass is 16.6. The first-order valence-corrected chi connectivity index (χ1v) is 7.46. The lowest BCUT2D eigenvalue weighted by Gasteiger charge is -2.05. The van der Waals surface area contributed by atoms with Crippen LogP contribution in [-0.2, 0) is 16.0 Å². The molecule has 0 spiro atoms. The summed E-state index contributed by atoms with van der Waals surface area (Å²) in [6.45, 7) is 2.03. The van der Waals surface area contributed by atoms with Crippen molar-refractivity contribution < 1.29 is 14.5 Å². The summed E-state index contributed by atoms with van der Waals surface area (Å²) in [5, 5.41) is 11.0. The minimum absolute atomic E-state index is 0.00749. The number of esters is 1. The highest BCUT2D eigenvalue weighted by Gasteiger charge is 2.19. The van der Waals surface area contributed by atoms with Crippen molar-refractivity contribution in [2.75, 3.05) is 6.61 Å². The number of hydrogen-bond donors (Lipinski definition) is 0. The van der Waals surface area contributed by atoms with Gasteiger partial charge in [-0.2, -0.15) is 0 Å². The number of carbonyl (C=O) groups is 1. The summed E-state index contributed by atoms with van der Waals surface area (Å²) in [5.41, 5.74) is 2.46. The van der Waals surface area contributed by atoms with E-state index in [2.05, 4.69) is 4.98 Å². The summed E-state index contributed by atoms with van der Waals surface area (Å²) < 4.78 is 6.81. The number of ether oxygens (including phenoxy) is 1. The minimum Gasteiger partial charge on any atom is -0.466 e. The van der Waals surface area contributed by atoms with E-state index < -0.39 is 4.92 Å². The largest absolute Gasteiger partial charge is 0.466 e. The van der Waals surface area contributed by atoms with E-state index in [1.807, 2.05) is 28.8 Å². The Morgan fingerprint density at radius 3 is 2.88 bits per heavy atom. The lowest BCUT2D eigenvalue weighted by Crippen LogP contribution is -2.08. The maximum Gasteiger partial charge on any atom is 0.311 e. The average molecular weight is 325 g/mol. The monoisotopic (exact) mass is 325 g/mol. The normalized spacial score (nSPS) is 10.7. The van der Waals surface area contributed by atoms with E-state index in [4.69, 9.17) is 4.74 Å². The Balaban J connectivity index is 2.16. The number of pyridine rings is 1. The molecule has 0 aliphatic carbocycles. The van der Waals surface area contributed by atoms with E-state index in [-0.39, 0.29) is 18.1 Å². The van der Waals surface area contributed by atoms with E-state index in [0.29, 0.717) is 29.2 Å². The SMILES string of the molecule is CCOC(=O)Cc1nc2ccccn2c1-c1cccc([N+](=O)[O-])c1. The molecule has 0 aliphatic rings. The molecule has 0 saturated heterocycles. The van der Waals surface area contributed by atoms with E-state index in [0.717, 1.165) is 0 Å². The first-order chi connectivity index (χ1) is 11.6. The molecule has 0 N–H and O–H groups in total. The molecular formula is C17H15N3O4. The first kappa shape index (κ1) is 15.7. The van der Waals surface area contributed by atoms with Gasteiger partial charge in [0.2, 0.25) is 0 Å². The highest BCUT2D eigenvalue weighted by Crippen LogP contribution is 2.28. The maximum atomic E-state index is 11.9. The highest BCUT2D eigenvalue weighted by molar-refractivity contribution is 5.78. The minimum atomic E-state index is -0.447. The molecule has 24 heavy (non-hydrogen) atoms. The second kappa shape index (κ2) is 6.49. The number of nitro groups is 1. The predicted octanol–water partition coefficient (Wildman–Crippen LogP) is 3.02. The van der Waals surface area contributed by atoms with Crippen LogP contribution in [-0.4, -0.2) is 26.9 Å². The second-order valence-corrected chi connectivity index (χ2v) is 5.13. The summed E-state index contributed by atoms with van der Waals surface area (Å²) >= 11 is 0. The van der Waals surface area contributed by atoms with Gasteiger partial charge < -0.3 is 4.74 Å². The fourth-order valence-electron chi connectivity index (χ4n) is 2.59. The van der Waals surface area contributed by atoms with Gasteiger partial charge in [0.05, 0.1) is 29.3 Å². The number of benzene rings is 1. The topological polar surface area (TPSA) is 86.7 Å². The fraction of sp³-hybridized carbons (Fsp3) is 0.176. The molecule has 3 rings (SSSR count). The quantitative estimate of drug-likeness (QED) is 0.409. The van der Waals surface area contributed by atoms with Crippen molar-refractivity contribution >= 4 is 17.3 Å². The standard InChI is InChI=1S/C17H15N3O4/c1-2-24-16(21)11-14-17(19-9-4-3-8-15(19)18-14)12-6-5-7-13(10-12)20(22)23/h3-10H,2,11H2,1H3. The summed E-state index contributed by atoms with van der Waals surface area (Å²) in [6.07, 6.45) is 1.82. The zero-order valence-electron chi connectivity index (χ0n) is 13.0. The van der Waals surface area contributed by atoms with Crippen LogP contribution in [0.15, 0.2) is 48.7 Å². The van der Waals surface area contributed by atoms with Crippen LogP contribution in [0.1, 0.15) is 12.6 Å². The molecule has 2 heterocycles. The number of fused-ring (bicyclic) bond motifs is 1. The number of hydrogen-bond acceptors (Lipinski definition) is 5. The van der Waals surface area contributed by atoms with Crippen molar-refractivity contribution in [1.29, 1.82) is 0 Å². The smallest absolute Gasteiger partial charge is 0.311 e. The molecule has 0 fully saturated rings. The lowest BCUT2D eigenvalue weighted by atomic mass is 10.1. The van der Waals surface area contributed by atoms with Gasteiger partial charge in [-0.1, -0.05) is 18.2 Å². The van der Waals surface area contributed by atoms with Crippen molar-refractivity contribution in [3.63, 3.8) is 0 Å². The molecule has 0 radical (unpaired) electrons. The number of carbonyl (C=O) groups excluding carboxylic acids is 1. The third kappa shape index (κ3) is 2.96. The van der Waals surface area contributed by atoms with Crippen LogP contribution in [0, 0.1) is 10.1 Å². The third-order valence-electron chi connectivity index (χ3n) is 3.55. The van der Waals surface area contributed by atoms with Crippen LogP contribution in [0.5, 0.6) is 0 Å². The molecule has 122 valence electrons. The number of non-ortho nitro benzene ring substituents is 1. The number of nitrogens with zero attached hydrogens (tertiary/aromatic N) is 3. The van der Waals surface area contributed by atoms with Gasteiger partial charge in [-0.15, -0.1) is 0 Å². The van der Waals surface area contributed by atoms with Crippen LogP contribution in [0.25, 0.3) is 16.9 Å². The first-order valence-electron chi connectivity index (χ1n) is 7.46. The van der Waals surface area contributed by atoms with Gasteiger partial charge in [0.25, 0.3) is 5.69 Å². The number of nitro benzene ring substituents is 1. The Morgan fingerprint density at radius 2 is 2.12 bits per heavy atom. The van der Waals surface area contributed by atoms with Gasteiger partial charge in [0, 0.05) is 23.9 Å². The van der Waals surface area contributed by atoms with Gasteiger partial charge >= 0.3 is 5.97 Å². The van der Waals surface area contributed by atoms with Crippen LogP contribution in [0.3, 0.4) is 0 Å². The summed E-state index contributed by atoms with van der Waals surface area (Å²) in [5.74, 6) is -0.382. The zero-order valence-corrected chi connectivity index (χ0v) is 13.0. The number of imidazole rings is 1. The Hall–Kier alpha value is -3.22. The van der Waals surface area contributed by atoms with Gasteiger partial charge in [0.1, 0.15) is 5.65 Å². The molecule has 0 aliphatic heterocycles. The van der Waals surface area contributed by atoms with E-state index in [1.165, 1.54) is 12.1 Å².